The van der Waals surface area contributed by atoms with Crippen LogP contribution in [0.15, 0.2) is 21.6 Å². The third-order valence-electron chi connectivity index (χ3n) is 5.65. The summed E-state index contributed by atoms with van der Waals surface area (Å²) in [5.41, 5.74) is 0. The van der Waals surface area contributed by atoms with E-state index in [2.05, 4.69) is 4.90 Å². The Hall–Kier alpha value is -0.930. The lowest BCUT2D eigenvalue weighted by molar-refractivity contribution is 0.0318. The monoisotopic (exact) mass is 398 g/mol. The smallest absolute Gasteiger partial charge is 0.276 e. The predicted octanol–water partition coefficient (Wildman–Crippen LogP) is 2.22. The molecular weight excluding hydrogens is 368 g/mol. The van der Waals surface area contributed by atoms with Gasteiger partial charge in [-0.05, 0) is 50.7 Å². The highest BCUT2D eigenvalue weighted by atomic mass is 32.2. The van der Waals surface area contributed by atoms with Crippen molar-refractivity contribution in [2.75, 3.05) is 39.4 Å². The number of furan rings is 1. The van der Waals surface area contributed by atoms with Crippen molar-refractivity contribution < 1.29 is 22.3 Å². The van der Waals surface area contributed by atoms with E-state index >= 15 is 0 Å². The Bertz CT molecular complexity index is 683. The second-order valence-corrected chi connectivity index (χ2v) is 9.66. The van der Waals surface area contributed by atoms with E-state index < -0.39 is 10.0 Å². The lowest BCUT2D eigenvalue weighted by Gasteiger charge is -2.26. The lowest BCUT2D eigenvalue weighted by Crippen LogP contribution is -2.37. The SMILES string of the molecule is O=S(=O)(c1ccc(CN(C[C@@H]2CCCO2)C[C@@H]2CCCO2)o1)N1CCCC1. The lowest BCUT2D eigenvalue weighted by atomic mass is 10.2. The van der Waals surface area contributed by atoms with Crippen molar-refractivity contribution in [2.24, 2.45) is 0 Å². The van der Waals surface area contributed by atoms with E-state index in [1.54, 1.807) is 12.1 Å². The first-order chi connectivity index (χ1) is 13.1. The molecule has 0 saturated carbocycles. The first-order valence-electron chi connectivity index (χ1n) is 10.2. The molecule has 7 nitrogen and oxygen atoms in total. The molecule has 8 heteroatoms. The van der Waals surface area contributed by atoms with Gasteiger partial charge in [0.05, 0.1) is 18.8 Å². The third kappa shape index (κ3) is 4.74. The van der Waals surface area contributed by atoms with Crippen molar-refractivity contribution in [2.45, 2.75) is 62.4 Å². The zero-order valence-corrected chi connectivity index (χ0v) is 16.7. The van der Waals surface area contributed by atoms with Crippen LogP contribution >= 0.6 is 0 Å². The Morgan fingerprint density at radius 2 is 1.59 bits per heavy atom. The molecule has 0 radical (unpaired) electrons. The molecule has 0 aromatic carbocycles. The van der Waals surface area contributed by atoms with Crippen LogP contribution in [0.25, 0.3) is 0 Å². The summed E-state index contributed by atoms with van der Waals surface area (Å²) in [6, 6.07) is 3.39. The molecule has 1 aromatic heterocycles. The maximum absolute atomic E-state index is 12.7. The van der Waals surface area contributed by atoms with Crippen molar-refractivity contribution in [1.29, 1.82) is 0 Å². The molecule has 27 heavy (non-hydrogen) atoms. The van der Waals surface area contributed by atoms with Crippen LogP contribution in [0.3, 0.4) is 0 Å². The van der Waals surface area contributed by atoms with E-state index in [-0.39, 0.29) is 17.3 Å². The molecule has 1 aromatic rings. The van der Waals surface area contributed by atoms with Gasteiger partial charge in [0, 0.05) is 39.4 Å². The van der Waals surface area contributed by atoms with Gasteiger partial charge in [-0.25, -0.2) is 8.42 Å². The average molecular weight is 399 g/mol. The van der Waals surface area contributed by atoms with Crippen molar-refractivity contribution in [3.63, 3.8) is 0 Å². The summed E-state index contributed by atoms with van der Waals surface area (Å²) >= 11 is 0. The third-order valence-corrected chi connectivity index (χ3v) is 7.42. The molecule has 152 valence electrons. The van der Waals surface area contributed by atoms with Crippen molar-refractivity contribution in [3.05, 3.63) is 17.9 Å². The highest BCUT2D eigenvalue weighted by Gasteiger charge is 2.30. The summed E-state index contributed by atoms with van der Waals surface area (Å²) in [5, 5.41) is 0.0635. The number of nitrogens with zero attached hydrogens (tertiary/aromatic N) is 2. The number of hydrogen-bond donors (Lipinski definition) is 0. The number of ether oxygens (including phenoxy) is 2. The molecule has 2 atom stereocenters. The minimum Gasteiger partial charge on any atom is -0.447 e. The topological polar surface area (TPSA) is 72.2 Å². The molecular formula is C19H30N2O5S. The van der Waals surface area contributed by atoms with Gasteiger partial charge in [0.15, 0.2) is 0 Å². The molecule has 3 aliphatic heterocycles. The predicted molar refractivity (Wildman–Crippen MR) is 99.9 cm³/mol. The van der Waals surface area contributed by atoms with Gasteiger partial charge in [-0.1, -0.05) is 0 Å². The Balaban J connectivity index is 1.42. The van der Waals surface area contributed by atoms with E-state index in [0.29, 0.717) is 25.4 Å². The minimum atomic E-state index is -3.50. The average Bonchev–Trinajstić information content (AvgIpc) is 3.43. The molecule has 0 spiro atoms. The van der Waals surface area contributed by atoms with Crippen LogP contribution in [0.5, 0.6) is 0 Å². The normalized spacial score (nSPS) is 27.1. The first kappa shape index (κ1) is 19.4. The van der Waals surface area contributed by atoms with Crippen LogP contribution in [0.1, 0.15) is 44.3 Å². The van der Waals surface area contributed by atoms with Gasteiger partial charge in [-0.3, -0.25) is 4.90 Å². The van der Waals surface area contributed by atoms with Crippen LogP contribution in [-0.4, -0.2) is 69.2 Å². The molecule has 3 fully saturated rings. The Labute approximate surface area is 161 Å². The summed E-state index contributed by atoms with van der Waals surface area (Å²) < 4.78 is 44.2. The molecule has 0 aliphatic carbocycles. The fourth-order valence-electron chi connectivity index (χ4n) is 4.21. The zero-order chi connectivity index (χ0) is 18.7. The van der Waals surface area contributed by atoms with E-state index in [1.165, 1.54) is 4.31 Å². The number of rotatable bonds is 8. The summed E-state index contributed by atoms with van der Waals surface area (Å²) in [6.45, 7) is 5.07. The zero-order valence-electron chi connectivity index (χ0n) is 15.8. The second-order valence-electron chi connectivity index (χ2n) is 7.80. The van der Waals surface area contributed by atoms with Crippen LogP contribution in [0.2, 0.25) is 0 Å². The Morgan fingerprint density at radius 3 is 2.15 bits per heavy atom. The van der Waals surface area contributed by atoms with Crippen molar-refractivity contribution in [3.8, 4) is 0 Å². The highest BCUT2D eigenvalue weighted by Crippen LogP contribution is 2.24. The van der Waals surface area contributed by atoms with E-state index in [9.17, 15) is 8.42 Å². The number of hydrogen-bond acceptors (Lipinski definition) is 6. The van der Waals surface area contributed by atoms with Gasteiger partial charge >= 0.3 is 0 Å². The highest BCUT2D eigenvalue weighted by molar-refractivity contribution is 7.89. The van der Waals surface area contributed by atoms with Crippen molar-refractivity contribution >= 4 is 10.0 Å². The Morgan fingerprint density at radius 1 is 0.963 bits per heavy atom. The molecule has 4 rings (SSSR count). The fourth-order valence-corrected chi connectivity index (χ4v) is 5.66. The largest absolute Gasteiger partial charge is 0.447 e. The summed E-state index contributed by atoms with van der Waals surface area (Å²) in [5.74, 6) is 0.684. The minimum absolute atomic E-state index is 0.0635. The van der Waals surface area contributed by atoms with Gasteiger partial charge < -0.3 is 13.9 Å². The van der Waals surface area contributed by atoms with Crippen LogP contribution in [0.4, 0.5) is 0 Å². The number of sulfonamides is 1. The van der Waals surface area contributed by atoms with Crippen LogP contribution in [0, 0.1) is 0 Å². The molecule has 3 saturated heterocycles. The van der Waals surface area contributed by atoms with Gasteiger partial charge in [-0.2, -0.15) is 4.31 Å². The second kappa shape index (κ2) is 8.61. The van der Waals surface area contributed by atoms with E-state index in [4.69, 9.17) is 13.9 Å². The summed E-state index contributed by atoms with van der Waals surface area (Å²) in [4.78, 5) is 2.29. The summed E-state index contributed by atoms with van der Waals surface area (Å²) in [6.07, 6.45) is 6.70. The van der Waals surface area contributed by atoms with Gasteiger partial charge in [-0.15, -0.1) is 0 Å². The Kier molecular flexibility index (Phi) is 6.18. The van der Waals surface area contributed by atoms with Crippen LogP contribution < -0.4 is 0 Å². The summed E-state index contributed by atoms with van der Waals surface area (Å²) in [7, 11) is -3.50. The molecule has 0 bridgehead atoms. The van der Waals surface area contributed by atoms with Crippen molar-refractivity contribution in [1.82, 2.24) is 9.21 Å². The molecule has 0 N–H and O–H groups in total. The molecule has 3 aliphatic rings. The van der Waals surface area contributed by atoms with Crippen LogP contribution in [-0.2, 0) is 26.0 Å². The maximum atomic E-state index is 12.7. The van der Waals surface area contributed by atoms with E-state index in [1.807, 2.05) is 0 Å². The van der Waals surface area contributed by atoms with Gasteiger partial charge in [0.25, 0.3) is 10.0 Å². The quantitative estimate of drug-likeness (QED) is 0.669. The standard InChI is InChI=1S/C19H30N2O5S/c22-27(23,21-9-1-2-10-21)19-8-7-18(26-19)15-20(13-16-5-3-11-24-16)14-17-6-4-12-25-17/h7-8,16-17H,1-6,9-15H2/t16-,17-/m0/s1. The molecule has 4 heterocycles. The fraction of sp³-hybridized carbons (Fsp3) is 0.789. The van der Waals surface area contributed by atoms with Gasteiger partial charge in [0.2, 0.25) is 5.09 Å². The van der Waals surface area contributed by atoms with E-state index in [0.717, 1.165) is 64.8 Å². The van der Waals surface area contributed by atoms with Gasteiger partial charge in [0.1, 0.15) is 5.76 Å². The first-order valence-corrected chi connectivity index (χ1v) is 11.6. The molecule has 0 unspecified atom stereocenters. The maximum Gasteiger partial charge on any atom is 0.276 e. The molecule has 0 amide bonds.